The standard InChI is InChI=1S/C18H21N7O/c1-11-7-12(2)9-13(8-11)14-10-15(23-22-14)19-18(26)21-17-20-16-5-3-4-6-25(16)24-17/h7-10H,3-6H2,1-2H3,(H3,19,21,22,23,24,26). The first-order valence-corrected chi connectivity index (χ1v) is 8.72. The first kappa shape index (κ1) is 16.3. The van der Waals surface area contributed by atoms with Crippen LogP contribution in [0.1, 0.15) is 29.8 Å². The van der Waals surface area contributed by atoms with Crippen molar-refractivity contribution in [3.05, 3.63) is 41.2 Å². The Kier molecular flexibility index (Phi) is 4.16. The number of H-pyrrole nitrogens is 1. The zero-order valence-electron chi connectivity index (χ0n) is 14.8. The third-order valence-corrected chi connectivity index (χ3v) is 4.35. The minimum atomic E-state index is -0.411. The maximum absolute atomic E-state index is 12.2. The number of carbonyl (C=O) groups is 1. The van der Waals surface area contributed by atoms with Gasteiger partial charge in [-0.15, -0.1) is 5.10 Å². The summed E-state index contributed by atoms with van der Waals surface area (Å²) in [5, 5.41) is 16.8. The molecule has 2 aromatic heterocycles. The minimum Gasteiger partial charge on any atom is -0.290 e. The molecular formula is C18H21N7O. The van der Waals surface area contributed by atoms with E-state index in [0.717, 1.165) is 42.9 Å². The second kappa shape index (κ2) is 6.62. The summed E-state index contributed by atoms with van der Waals surface area (Å²) >= 11 is 0. The number of carbonyl (C=O) groups excluding carboxylic acids is 1. The molecule has 1 aliphatic heterocycles. The zero-order chi connectivity index (χ0) is 18.1. The molecular weight excluding hydrogens is 330 g/mol. The zero-order valence-corrected chi connectivity index (χ0v) is 14.8. The summed E-state index contributed by atoms with van der Waals surface area (Å²) in [7, 11) is 0. The van der Waals surface area contributed by atoms with Gasteiger partial charge in [-0.3, -0.25) is 15.7 Å². The topological polar surface area (TPSA) is 101 Å². The van der Waals surface area contributed by atoms with Gasteiger partial charge in [-0.1, -0.05) is 17.2 Å². The van der Waals surface area contributed by atoms with E-state index < -0.39 is 6.03 Å². The summed E-state index contributed by atoms with van der Waals surface area (Å²) in [4.78, 5) is 16.5. The number of aromatic amines is 1. The highest BCUT2D eigenvalue weighted by atomic mass is 16.2. The van der Waals surface area contributed by atoms with Crippen LogP contribution < -0.4 is 10.6 Å². The summed E-state index contributed by atoms with van der Waals surface area (Å²) in [5.41, 5.74) is 4.24. The highest BCUT2D eigenvalue weighted by Gasteiger charge is 2.16. The molecule has 0 bridgehead atoms. The highest BCUT2D eigenvalue weighted by Crippen LogP contribution is 2.22. The van der Waals surface area contributed by atoms with Crippen LogP contribution in [0, 0.1) is 13.8 Å². The number of aromatic nitrogens is 5. The van der Waals surface area contributed by atoms with Gasteiger partial charge in [-0.05, 0) is 38.8 Å². The van der Waals surface area contributed by atoms with E-state index in [4.69, 9.17) is 0 Å². The third-order valence-electron chi connectivity index (χ3n) is 4.35. The Morgan fingerprint density at radius 1 is 1.12 bits per heavy atom. The average Bonchev–Trinajstić information content (AvgIpc) is 3.20. The van der Waals surface area contributed by atoms with Gasteiger partial charge in [0.1, 0.15) is 5.82 Å². The Bertz CT molecular complexity index is 913. The maximum Gasteiger partial charge on any atom is 0.327 e. The number of hydrogen-bond donors (Lipinski definition) is 3. The van der Waals surface area contributed by atoms with E-state index in [0.29, 0.717) is 11.8 Å². The van der Waals surface area contributed by atoms with Crippen LogP contribution >= 0.6 is 0 Å². The molecule has 0 fully saturated rings. The lowest BCUT2D eigenvalue weighted by Crippen LogP contribution is -2.20. The van der Waals surface area contributed by atoms with Crippen LogP contribution in [0.25, 0.3) is 11.3 Å². The molecule has 0 radical (unpaired) electrons. The van der Waals surface area contributed by atoms with Gasteiger partial charge in [0, 0.05) is 24.6 Å². The average molecular weight is 351 g/mol. The summed E-state index contributed by atoms with van der Waals surface area (Å²) in [6, 6.07) is 7.66. The Morgan fingerprint density at radius 2 is 1.92 bits per heavy atom. The summed E-state index contributed by atoms with van der Waals surface area (Å²) in [5.74, 6) is 1.69. The van der Waals surface area contributed by atoms with Crippen molar-refractivity contribution in [3.8, 4) is 11.3 Å². The van der Waals surface area contributed by atoms with Crippen molar-refractivity contribution in [2.75, 3.05) is 10.6 Å². The summed E-state index contributed by atoms with van der Waals surface area (Å²) < 4.78 is 1.85. The molecule has 0 spiro atoms. The summed E-state index contributed by atoms with van der Waals surface area (Å²) in [6.07, 6.45) is 3.10. The Balaban J connectivity index is 1.43. The Labute approximate surface area is 151 Å². The summed E-state index contributed by atoms with van der Waals surface area (Å²) in [6.45, 7) is 4.96. The fraction of sp³-hybridized carbons (Fsp3) is 0.333. The minimum absolute atomic E-state index is 0.324. The SMILES string of the molecule is Cc1cc(C)cc(-c2cc(NC(=O)Nc3nc4n(n3)CCCC4)n[nH]2)c1. The number of nitrogens with zero attached hydrogens (tertiary/aromatic N) is 4. The quantitative estimate of drug-likeness (QED) is 0.674. The van der Waals surface area contributed by atoms with Gasteiger partial charge in [-0.25, -0.2) is 9.48 Å². The molecule has 0 saturated carbocycles. The van der Waals surface area contributed by atoms with Gasteiger partial charge < -0.3 is 0 Å². The molecule has 8 heteroatoms. The number of hydrogen-bond acceptors (Lipinski definition) is 4. The van der Waals surface area contributed by atoms with Crippen molar-refractivity contribution in [2.45, 2.75) is 39.7 Å². The van der Waals surface area contributed by atoms with Crippen molar-refractivity contribution in [1.29, 1.82) is 0 Å². The van der Waals surface area contributed by atoms with Crippen LogP contribution in [0.3, 0.4) is 0 Å². The van der Waals surface area contributed by atoms with E-state index >= 15 is 0 Å². The Morgan fingerprint density at radius 3 is 2.69 bits per heavy atom. The van der Waals surface area contributed by atoms with Crippen molar-refractivity contribution in [2.24, 2.45) is 0 Å². The molecule has 0 aliphatic carbocycles. The molecule has 1 aliphatic rings. The van der Waals surface area contributed by atoms with E-state index in [2.05, 4.69) is 63.0 Å². The molecule has 1 aromatic carbocycles. The highest BCUT2D eigenvalue weighted by molar-refractivity contribution is 5.98. The number of aryl methyl sites for hydroxylation is 4. The molecule has 26 heavy (non-hydrogen) atoms. The molecule has 3 heterocycles. The molecule has 3 aromatic rings. The number of fused-ring (bicyclic) bond motifs is 1. The molecule has 8 nitrogen and oxygen atoms in total. The molecule has 0 saturated heterocycles. The first-order valence-electron chi connectivity index (χ1n) is 8.72. The molecule has 2 amide bonds. The van der Waals surface area contributed by atoms with Crippen LogP contribution in [-0.4, -0.2) is 31.0 Å². The largest absolute Gasteiger partial charge is 0.327 e. The number of nitrogens with one attached hydrogen (secondary N) is 3. The van der Waals surface area contributed by atoms with E-state index in [-0.39, 0.29) is 0 Å². The van der Waals surface area contributed by atoms with Gasteiger partial charge in [0.25, 0.3) is 0 Å². The monoisotopic (exact) mass is 351 g/mol. The number of rotatable bonds is 3. The van der Waals surface area contributed by atoms with Crippen molar-refractivity contribution < 1.29 is 4.79 Å². The van der Waals surface area contributed by atoms with Crippen LogP contribution in [0.15, 0.2) is 24.3 Å². The maximum atomic E-state index is 12.2. The van der Waals surface area contributed by atoms with Crippen molar-refractivity contribution in [3.63, 3.8) is 0 Å². The predicted octanol–water partition coefficient (Wildman–Crippen LogP) is 3.27. The molecule has 0 atom stereocenters. The van der Waals surface area contributed by atoms with Gasteiger partial charge >= 0.3 is 6.03 Å². The molecule has 4 rings (SSSR count). The second-order valence-corrected chi connectivity index (χ2v) is 6.65. The Hall–Kier alpha value is -3.16. The number of urea groups is 1. The van der Waals surface area contributed by atoms with E-state index in [9.17, 15) is 4.79 Å². The predicted molar refractivity (Wildman–Crippen MR) is 99.1 cm³/mol. The van der Waals surface area contributed by atoms with Gasteiger partial charge in [-0.2, -0.15) is 10.1 Å². The van der Waals surface area contributed by atoms with Crippen LogP contribution in [0.4, 0.5) is 16.6 Å². The molecule has 3 N–H and O–H groups in total. The van der Waals surface area contributed by atoms with Gasteiger partial charge in [0.15, 0.2) is 5.82 Å². The lowest BCUT2D eigenvalue weighted by atomic mass is 10.1. The smallest absolute Gasteiger partial charge is 0.290 e. The number of amides is 2. The van der Waals surface area contributed by atoms with Gasteiger partial charge in [0.05, 0.1) is 5.69 Å². The van der Waals surface area contributed by atoms with Crippen LogP contribution in [0.5, 0.6) is 0 Å². The van der Waals surface area contributed by atoms with E-state index in [1.54, 1.807) is 6.07 Å². The fourth-order valence-electron chi connectivity index (χ4n) is 3.25. The molecule has 134 valence electrons. The van der Waals surface area contributed by atoms with Crippen molar-refractivity contribution in [1.82, 2.24) is 25.0 Å². The van der Waals surface area contributed by atoms with Gasteiger partial charge in [0.2, 0.25) is 5.95 Å². The lowest BCUT2D eigenvalue weighted by molar-refractivity contribution is 0.262. The second-order valence-electron chi connectivity index (χ2n) is 6.65. The normalized spacial score (nSPS) is 13.3. The van der Waals surface area contributed by atoms with E-state index in [1.165, 1.54) is 11.1 Å². The van der Waals surface area contributed by atoms with Crippen molar-refractivity contribution >= 4 is 17.8 Å². The van der Waals surface area contributed by atoms with Crippen LogP contribution in [0.2, 0.25) is 0 Å². The number of anilines is 2. The number of benzene rings is 1. The lowest BCUT2D eigenvalue weighted by Gasteiger charge is -2.09. The first-order chi connectivity index (χ1) is 12.6. The van der Waals surface area contributed by atoms with E-state index in [1.807, 2.05) is 4.68 Å². The van der Waals surface area contributed by atoms with Crippen LogP contribution in [-0.2, 0) is 13.0 Å². The third kappa shape index (κ3) is 3.44. The fourth-order valence-corrected chi connectivity index (χ4v) is 3.25. The molecule has 0 unspecified atom stereocenters.